The van der Waals surface area contributed by atoms with Crippen LogP contribution in [0.1, 0.15) is 35.1 Å². The van der Waals surface area contributed by atoms with Gasteiger partial charge in [-0.3, -0.25) is 9.89 Å². The Balaban J connectivity index is 2.25. The number of amides is 1. The smallest absolute Gasteiger partial charge is 0.278 e. The SMILES string of the molecule is CCCc1[nH]nc(C(=O)Nc2ccc(Br)cc2C#N)c1N. The molecule has 21 heavy (non-hydrogen) atoms. The van der Waals surface area contributed by atoms with Crippen molar-refractivity contribution in [2.24, 2.45) is 0 Å². The van der Waals surface area contributed by atoms with Crippen LogP contribution < -0.4 is 11.1 Å². The van der Waals surface area contributed by atoms with Crippen LogP contribution in [0.5, 0.6) is 0 Å². The van der Waals surface area contributed by atoms with Gasteiger partial charge >= 0.3 is 0 Å². The van der Waals surface area contributed by atoms with Gasteiger partial charge < -0.3 is 11.1 Å². The van der Waals surface area contributed by atoms with Gasteiger partial charge in [-0.25, -0.2) is 0 Å². The summed E-state index contributed by atoms with van der Waals surface area (Å²) < 4.78 is 0.765. The second kappa shape index (κ2) is 6.41. The van der Waals surface area contributed by atoms with Crippen molar-refractivity contribution in [3.05, 3.63) is 39.6 Å². The van der Waals surface area contributed by atoms with E-state index in [1.165, 1.54) is 0 Å². The van der Waals surface area contributed by atoms with Gasteiger partial charge in [-0.15, -0.1) is 0 Å². The molecular weight excluding hydrogens is 334 g/mol. The Kier molecular flexibility index (Phi) is 4.60. The maximum atomic E-state index is 12.2. The maximum Gasteiger partial charge on any atom is 0.278 e. The zero-order chi connectivity index (χ0) is 15.4. The summed E-state index contributed by atoms with van der Waals surface area (Å²) in [7, 11) is 0. The third-order valence-electron chi connectivity index (χ3n) is 2.95. The molecule has 0 aliphatic heterocycles. The van der Waals surface area contributed by atoms with Crippen molar-refractivity contribution in [3.8, 4) is 6.07 Å². The van der Waals surface area contributed by atoms with Gasteiger partial charge in [0.15, 0.2) is 5.69 Å². The Hall–Kier alpha value is -2.33. The fourth-order valence-electron chi connectivity index (χ4n) is 1.90. The number of benzene rings is 1. The van der Waals surface area contributed by atoms with Crippen molar-refractivity contribution in [1.29, 1.82) is 5.26 Å². The Morgan fingerprint density at radius 1 is 1.57 bits per heavy atom. The average Bonchev–Trinajstić information content (AvgIpc) is 2.82. The minimum absolute atomic E-state index is 0.144. The van der Waals surface area contributed by atoms with Crippen LogP contribution in [0.3, 0.4) is 0 Å². The molecule has 2 aromatic rings. The van der Waals surface area contributed by atoms with E-state index in [-0.39, 0.29) is 5.69 Å². The molecule has 0 bridgehead atoms. The highest BCUT2D eigenvalue weighted by Gasteiger charge is 2.18. The van der Waals surface area contributed by atoms with E-state index in [1.54, 1.807) is 18.2 Å². The Morgan fingerprint density at radius 2 is 2.33 bits per heavy atom. The van der Waals surface area contributed by atoms with Crippen molar-refractivity contribution in [1.82, 2.24) is 10.2 Å². The van der Waals surface area contributed by atoms with Crippen LogP contribution >= 0.6 is 15.9 Å². The van der Waals surface area contributed by atoms with E-state index in [0.29, 0.717) is 16.9 Å². The predicted molar refractivity (Wildman–Crippen MR) is 83.8 cm³/mol. The lowest BCUT2D eigenvalue weighted by molar-refractivity contribution is 0.102. The van der Waals surface area contributed by atoms with Crippen LogP contribution in [0.25, 0.3) is 0 Å². The molecule has 0 saturated heterocycles. The standard InChI is InChI=1S/C14H14BrN5O/c1-2-3-11-12(17)13(20-19-11)14(21)18-10-5-4-9(15)6-8(10)7-16/h4-6H,2-3,17H2,1H3,(H,18,21)(H,19,20). The third-order valence-corrected chi connectivity index (χ3v) is 3.44. The molecule has 1 amide bonds. The first-order valence-electron chi connectivity index (χ1n) is 6.40. The number of rotatable bonds is 4. The molecule has 0 aliphatic carbocycles. The van der Waals surface area contributed by atoms with E-state index in [4.69, 9.17) is 11.0 Å². The highest BCUT2D eigenvalue weighted by Crippen LogP contribution is 2.22. The normalized spacial score (nSPS) is 10.1. The van der Waals surface area contributed by atoms with Crippen LogP contribution in [0.15, 0.2) is 22.7 Å². The Labute approximate surface area is 130 Å². The van der Waals surface area contributed by atoms with E-state index in [0.717, 1.165) is 23.0 Å². The number of halogens is 1. The number of hydrogen-bond donors (Lipinski definition) is 3. The molecular formula is C14H14BrN5O. The predicted octanol–water partition coefficient (Wildman–Crippen LogP) is 2.83. The van der Waals surface area contributed by atoms with Gasteiger partial charge in [-0.05, 0) is 24.6 Å². The summed E-state index contributed by atoms with van der Waals surface area (Å²) in [5.74, 6) is -0.440. The molecule has 4 N–H and O–H groups in total. The molecule has 2 rings (SSSR count). The number of nitrogen functional groups attached to an aromatic ring is 1. The minimum atomic E-state index is -0.440. The van der Waals surface area contributed by atoms with Crippen LogP contribution in [0.4, 0.5) is 11.4 Å². The van der Waals surface area contributed by atoms with Gasteiger partial charge in [-0.1, -0.05) is 29.3 Å². The van der Waals surface area contributed by atoms with Crippen molar-refractivity contribution in [2.45, 2.75) is 19.8 Å². The zero-order valence-electron chi connectivity index (χ0n) is 11.4. The van der Waals surface area contributed by atoms with E-state index in [9.17, 15) is 4.79 Å². The lowest BCUT2D eigenvalue weighted by Crippen LogP contribution is -2.15. The summed E-state index contributed by atoms with van der Waals surface area (Å²) in [4.78, 5) is 12.2. The molecule has 1 aromatic heterocycles. The number of carbonyl (C=O) groups is 1. The number of H-pyrrole nitrogens is 1. The van der Waals surface area contributed by atoms with E-state index >= 15 is 0 Å². The van der Waals surface area contributed by atoms with Crippen LogP contribution in [0.2, 0.25) is 0 Å². The number of nitrogens with one attached hydrogen (secondary N) is 2. The first-order valence-corrected chi connectivity index (χ1v) is 7.19. The van der Waals surface area contributed by atoms with Gasteiger partial charge in [0.1, 0.15) is 6.07 Å². The molecule has 7 heteroatoms. The summed E-state index contributed by atoms with van der Waals surface area (Å²) >= 11 is 3.28. The summed E-state index contributed by atoms with van der Waals surface area (Å²) in [6.45, 7) is 2.01. The Morgan fingerprint density at radius 3 is 3.00 bits per heavy atom. The van der Waals surface area contributed by atoms with Gasteiger partial charge in [0.2, 0.25) is 0 Å². The van der Waals surface area contributed by atoms with E-state index < -0.39 is 5.91 Å². The molecule has 0 fully saturated rings. The molecule has 0 atom stereocenters. The van der Waals surface area contributed by atoms with Gasteiger partial charge in [0, 0.05) is 4.47 Å². The summed E-state index contributed by atoms with van der Waals surface area (Å²) in [5.41, 5.74) is 7.94. The molecule has 6 nitrogen and oxygen atoms in total. The fourth-order valence-corrected chi connectivity index (χ4v) is 2.26. The van der Waals surface area contributed by atoms with Crippen LogP contribution in [0, 0.1) is 11.3 Å². The second-order valence-electron chi connectivity index (χ2n) is 4.47. The monoisotopic (exact) mass is 347 g/mol. The molecule has 1 aromatic carbocycles. The van der Waals surface area contributed by atoms with Crippen molar-refractivity contribution < 1.29 is 4.79 Å². The lowest BCUT2D eigenvalue weighted by Gasteiger charge is -2.06. The largest absolute Gasteiger partial charge is 0.395 e. The zero-order valence-corrected chi connectivity index (χ0v) is 13.0. The quantitative estimate of drug-likeness (QED) is 0.789. The molecule has 1 heterocycles. The van der Waals surface area contributed by atoms with Crippen molar-refractivity contribution in [3.63, 3.8) is 0 Å². The van der Waals surface area contributed by atoms with Gasteiger partial charge in [0.25, 0.3) is 5.91 Å². The number of anilines is 2. The number of nitrogens with two attached hydrogens (primary N) is 1. The number of nitrogens with zero attached hydrogens (tertiary/aromatic N) is 2. The highest BCUT2D eigenvalue weighted by molar-refractivity contribution is 9.10. The number of carbonyl (C=O) groups excluding carboxylic acids is 1. The van der Waals surface area contributed by atoms with Gasteiger partial charge in [0.05, 0.1) is 22.6 Å². The van der Waals surface area contributed by atoms with E-state index in [1.807, 2.05) is 13.0 Å². The number of aromatic nitrogens is 2. The maximum absolute atomic E-state index is 12.2. The molecule has 0 unspecified atom stereocenters. The first-order chi connectivity index (χ1) is 10.1. The van der Waals surface area contributed by atoms with Crippen molar-refractivity contribution in [2.75, 3.05) is 11.1 Å². The summed E-state index contributed by atoms with van der Waals surface area (Å²) in [6, 6.07) is 7.05. The number of nitriles is 1. The van der Waals surface area contributed by atoms with Crippen LogP contribution in [-0.2, 0) is 6.42 Å². The van der Waals surface area contributed by atoms with E-state index in [2.05, 4.69) is 31.4 Å². The number of aromatic amines is 1. The molecule has 108 valence electrons. The minimum Gasteiger partial charge on any atom is -0.395 e. The second-order valence-corrected chi connectivity index (χ2v) is 5.39. The molecule has 0 spiro atoms. The third kappa shape index (κ3) is 3.23. The summed E-state index contributed by atoms with van der Waals surface area (Å²) in [6.07, 6.45) is 1.63. The fraction of sp³-hybridized carbons (Fsp3) is 0.214. The lowest BCUT2D eigenvalue weighted by atomic mass is 10.1. The topological polar surface area (TPSA) is 108 Å². The number of aryl methyl sites for hydroxylation is 1. The van der Waals surface area contributed by atoms with Gasteiger partial charge in [-0.2, -0.15) is 10.4 Å². The molecule has 0 saturated carbocycles. The summed E-state index contributed by atoms with van der Waals surface area (Å²) in [5, 5.41) is 18.5. The van der Waals surface area contributed by atoms with Crippen molar-refractivity contribution >= 4 is 33.2 Å². The molecule has 0 radical (unpaired) electrons. The Bertz CT molecular complexity index is 717. The first kappa shape index (κ1) is 15.1. The molecule has 0 aliphatic rings. The highest BCUT2D eigenvalue weighted by atomic mass is 79.9. The number of hydrogen-bond acceptors (Lipinski definition) is 4. The van der Waals surface area contributed by atoms with Crippen LogP contribution in [-0.4, -0.2) is 16.1 Å². The average molecular weight is 348 g/mol.